The highest BCUT2D eigenvalue weighted by molar-refractivity contribution is 5.91. The molecule has 1 fully saturated rings. The summed E-state index contributed by atoms with van der Waals surface area (Å²) in [6.45, 7) is 9.04. The van der Waals surface area contributed by atoms with Gasteiger partial charge in [-0.1, -0.05) is 27.2 Å². The maximum Gasteiger partial charge on any atom is 0.271 e. The van der Waals surface area contributed by atoms with E-state index in [2.05, 4.69) is 46.1 Å². The number of rotatable bonds is 6. The molecule has 3 rings (SSSR count). The molecule has 1 amide bonds. The van der Waals surface area contributed by atoms with Gasteiger partial charge in [-0.2, -0.15) is 5.10 Å². The molecule has 0 aliphatic carbocycles. The minimum atomic E-state index is -0.209. The highest BCUT2D eigenvalue weighted by Crippen LogP contribution is 2.19. The number of nitrogens with zero attached hydrogens (tertiary/aromatic N) is 5. The third kappa shape index (κ3) is 5.69. The lowest BCUT2D eigenvalue weighted by atomic mass is 9.92. The molecule has 1 aliphatic rings. The fourth-order valence-corrected chi connectivity index (χ4v) is 3.54. The van der Waals surface area contributed by atoms with Crippen molar-refractivity contribution in [2.24, 2.45) is 0 Å². The Morgan fingerprint density at radius 3 is 2.76 bits per heavy atom. The summed E-state index contributed by atoms with van der Waals surface area (Å²) < 4.78 is 1.56. The lowest BCUT2D eigenvalue weighted by molar-refractivity contribution is 0.0904. The van der Waals surface area contributed by atoms with E-state index < -0.39 is 0 Å². The van der Waals surface area contributed by atoms with Crippen molar-refractivity contribution in [2.75, 3.05) is 19.6 Å². The molecule has 1 aliphatic heterocycles. The molecule has 1 N–H and O–H groups in total. The van der Waals surface area contributed by atoms with Gasteiger partial charge in [-0.25, -0.2) is 9.67 Å². The summed E-state index contributed by atoms with van der Waals surface area (Å²) in [5.41, 5.74) is 1.05. The van der Waals surface area contributed by atoms with Crippen LogP contribution in [-0.4, -0.2) is 56.2 Å². The average molecular weight is 399 g/mol. The van der Waals surface area contributed by atoms with Crippen molar-refractivity contribution >= 4 is 5.91 Å². The van der Waals surface area contributed by atoms with Crippen molar-refractivity contribution in [3.8, 4) is 0 Å². The third-order valence-electron chi connectivity index (χ3n) is 5.28. The molecule has 156 valence electrons. The highest BCUT2D eigenvalue weighted by atomic mass is 16.2. The molecule has 1 saturated heterocycles. The number of hydrogen-bond donors (Lipinski definition) is 1. The number of hydrogen-bond acceptors (Lipinski definition) is 6. The summed E-state index contributed by atoms with van der Waals surface area (Å²) in [4.78, 5) is 34.8. The summed E-state index contributed by atoms with van der Waals surface area (Å²) in [6, 6.07) is 3.65. The van der Waals surface area contributed by atoms with Crippen LogP contribution in [0.1, 0.15) is 56.2 Å². The Morgan fingerprint density at radius 1 is 1.21 bits per heavy atom. The second-order valence-electron chi connectivity index (χ2n) is 8.52. The first-order chi connectivity index (χ1) is 13.8. The predicted molar refractivity (Wildman–Crippen MR) is 111 cm³/mol. The van der Waals surface area contributed by atoms with Gasteiger partial charge < -0.3 is 5.32 Å². The van der Waals surface area contributed by atoms with E-state index in [4.69, 9.17) is 0 Å². The Kier molecular flexibility index (Phi) is 6.74. The Hall–Kier alpha value is -2.61. The van der Waals surface area contributed by atoms with Crippen molar-refractivity contribution in [3.63, 3.8) is 0 Å². The van der Waals surface area contributed by atoms with Crippen LogP contribution in [0.4, 0.5) is 0 Å². The molecule has 8 heteroatoms. The summed E-state index contributed by atoms with van der Waals surface area (Å²) >= 11 is 0. The zero-order valence-electron chi connectivity index (χ0n) is 17.5. The number of nitrogens with one attached hydrogen (secondary N) is 1. The van der Waals surface area contributed by atoms with E-state index in [0.717, 1.165) is 38.0 Å². The highest BCUT2D eigenvalue weighted by Gasteiger charge is 2.23. The van der Waals surface area contributed by atoms with E-state index in [9.17, 15) is 9.59 Å². The van der Waals surface area contributed by atoms with E-state index in [1.165, 1.54) is 12.4 Å². The van der Waals surface area contributed by atoms with Gasteiger partial charge in [-0.05, 0) is 25.5 Å². The Bertz CT molecular complexity index is 875. The number of carbonyl (C=O) groups is 1. The fraction of sp³-hybridized carbons (Fsp3) is 0.571. The lowest BCUT2D eigenvalue weighted by Gasteiger charge is -2.35. The monoisotopic (exact) mass is 398 g/mol. The summed E-state index contributed by atoms with van der Waals surface area (Å²) in [7, 11) is 0. The fourth-order valence-electron chi connectivity index (χ4n) is 3.54. The standard InChI is InChI=1S/C21H30N6O2/c1-21(2,3)18-7-8-19(28)27(25-18)13-12-26-11-5-4-6-16(26)14-24-20(29)17-15-22-9-10-23-17/h7-10,15-16H,4-6,11-14H2,1-3H3,(H,24,29). The molecular weight excluding hydrogens is 368 g/mol. The average Bonchev–Trinajstić information content (AvgIpc) is 2.71. The normalized spacial score (nSPS) is 17.8. The molecule has 3 heterocycles. The van der Waals surface area contributed by atoms with Gasteiger partial charge in [-0.3, -0.25) is 19.5 Å². The Labute approximate surface area is 171 Å². The van der Waals surface area contributed by atoms with Gasteiger partial charge in [0.05, 0.1) is 18.4 Å². The smallest absolute Gasteiger partial charge is 0.271 e. The van der Waals surface area contributed by atoms with Crippen LogP contribution in [0, 0.1) is 0 Å². The largest absolute Gasteiger partial charge is 0.349 e. The van der Waals surface area contributed by atoms with E-state index in [0.29, 0.717) is 18.8 Å². The third-order valence-corrected chi connectivity index (χ3v) is 5.28. The molecule has 29 heavy (non-hydrogen) atoms. The topological polar surface area (TPSA) is 93.0 Å². The molecule has 0 aromatic carbocycles. The van der Waals surface area contributed by atoms with E-state index >= 15 is 0 Å². The number of aromatic nitrogens is 4. The Morgan fingerprint density at radius 2 is 2.03 bits per heavy atom. The van der Waals surface area contributed by atoms with E-state index in [1.807, 2.05) is 6.07 Å². The summed E-state index contributed by atoms with van der Waals surface area (Å²) in [6.07, 6.45) is 7.81. The van der Waals surface area contributed by atoms with Crippen LogP contribution in [-0.2, 0) is 12.0 Å². The maximum atomic E-state index is 12.3. The molecule has 8 nitrogen and oxygen atoms in total. The van der Waals surface area contributed by atoms with Crippen molar-refractivity contribution in [1.29, 1.82) is 0 Å². The molecule has 1 unspecified atom stereocenters. The number of likely N-dealkylation sites (tertiary alicyclic amines) is 1. The molecule has 0 bridgehead atoms. The quantitative estimate of drug-likeness (QED) is 0.795. The maximum absolute atomic E-state index is 12.3. The minimum Gasteiger partial charge on any atom is -0.349 e. The first-order valence-electron chi connectivity index (χ1n) is 10.2. The SMILES string of the molecule is CC(C)(C)c1ccc(=O)n(CCN2CCCCC2CNC(=O)c2cnccn2)n1. The molecule has 0 radical (unpaired) electrons. The first kappa shape index (κ1) is 21.1. The minimum absolute atomic E-state index is 0.0810. The predicted octanol–water partition coefficient (Wildman–Crippen LogP) is 1.62. The molecule has 1 atom stereocenters. The van der Waals surface area contributed by atoms with Crippen LogP contribution in [0.25, 0.3) is 0 Å². The second-order valence-corrected chi connectivity index (χ2v) is 8.52. The molecule has 2 aromatic rings. The van der Waals surface area contributed by atoms with E-state index in [1.54, 1.807) is 16.9 Å². The zero-order valence-corrected chi connectivity index (χ0v) is 17.5. The number of amides is 1. The zero-order chi connectivity index (χ0) is 20.9. The Balaban J connectivity index is 1.60. The van der Waals surface area contributed by atoms with Crippen molar-refractivity contribution in [3.05, 3.63) is 52.5 Å². The second kappa shape index (κ2) is 9.26. The summed E-state index contributed by atoms with van der Waals surface area (Å²) in [5, 5.41) is 7.53. The molecule has 2 aromatic heterocycles. The lowest BCUT2D eigenvalue weighted by Crippen LogP contribution is -2.48. The van der Waals surface area contributed by atoms with Crippen molar-refractivity contribution in [1.82, 2.24) is 30.0 Å². The van der Waals surface area contributed by atoms with Gasteiger partial charge in [0.25, 0.3) is 11.5 Å². The van der Waals surface area contributed by atoms with Gasteiger partial charge >= 0.3 is 0 Å². The molecule has 0 spiro atoms. The van der Waals surface area contributed by atoms with Gasteiger partial charge in [-0.15, -0.1) is 0 Å². The van der Waals surface area contributed by atoms with Crippen LogP contribution in [0.5, 0.6) is 0 Å². The van der Waals surface area contributed by atoms with Crippen LogP contribution < -0.4 is 10.9 Å². The molecular formula is C21H30N6O2. The van der Waals surface area contributed by atoms with Crippen molar-refractivity contribution < 1.29 is 4.79 Å². The van der Waals surface area contributed by atoms with Crippen molar-refractivity contribution in [2.45, 2.75) is 58.0 Å². The first-order valence-corrected chi connectivity index (χ1v) is 10.2. The number of carbonyl (C=O) groups excluding carboxylic acids is 1. The van der Waals surface area contributed by atoms with Gasteiger partial charge in [0, 0.05) is 43.0 Å². The van der Waals surface area contributed by atoms with Gasteiger partial charge in [0.15, 0.2) is 0 Å². The van der Waals surface area contributed by atoms with E-state index in [-0.39, 0.29) is 22.9 Å². The van der Waals surface area contributed by atoms with Crippen LogP contribution in [0.15, 0.2) is 35.5 Å². The molecule has 0 saturated carbocycles. The van der Waals surface area contributed by atoms with Crippen LogP contribution in [0.3, 0.4) is 0 Å². The van der Waals surface area contributed by atoms with Gasteiger partial charge in [0.1, 0.15) is 5.69 Å². The van der Waals surface area contributed by atoms with Crippen LogP contribution >= 0.6 is 0 Å². The van der Waals surface area contributed by atoms with Crippen LogP contribution in [0.2, 0.25) is 0 Å². The summed E-state index contributed by atoms with van der Waals surface area (Å²) in [5.74, 6) is -0.209. The number of piperidine rings is 1. The van der Waals surface area contributed by atoms with Gasteiger partial charge in [0.2, 0.25) is 0 Å².